The van der Waals surface area contributed by atoms with E-state index in [1.807, 2.05) is 30.3 Å². The molecule has 0 bridgehead atoms. The fourth-order valence-corrected chi connectivity index (χ4v) is 2.11. The lowest BCUT2D eigenvalue weighted by molar-refractivity contribution is 0.102. The molecule has 0 radical (unpaired) electrons. The molecule has 0 atom stereocenters. The second-order valence-electron chi connectivity index (χ2n) is 4.19. The van der Waals surface area contributed by atoms with Gasteiger partial charge in [-0.1, -0.05) is 46.3 Å². The number of alkyl halides is 1. The predicted octanol–water partition coefficient (Wildman–Crippen LogP) is 3.85. The fraction of sp³-hybridized carbons (Fsp3) is 0.188. The highest BCUT2D eigenvalue weighted by Crippen LogP contribution is 2.25. The molecule has 0 spiro atoms. The van der Waals surface area contributed by atoms with Crippen LogP contribution in [0.15, 0.2) is 48.5 Å². The number of methoxy groups -OCH3 is 1. The van der Waals surface area contributed by atoms with Crippen LogP contribution in [0, 0.1) is 0 Å². The van der Waals surface area contributed by atoms with Crippen LogP contribution in [-0.2, 0) is 6.61 Å². The Labute approximate surface area is 126 Å². The van der Waals surface area contributed by atoms with Crippen molar-refractivity contribution in [3.8, 4) is 11.5 Å². The number of ether oxygens (including phenoxy) is 2. The van der Waals surface area contributed by atoms with E-state index in [1.165, 1.54) is 0 Å². The maximum Gasteiger partial charge on any atom is 0.177 e. The van der Waals surface area contributed by atoms with Crippen LogP contribution in [0.3, 0.4) is 0 Å². The first-order valence-electron chi connectivity index (χ1n) is 6.18. The Bertz CT molecular complexity index is 582. The van der Waals surface area contributed by atoms with Gasteiger partial charge in [-0.15, -0.1) is 0 Å². The van der Waals surface area contributed by atoms with E-state index >= 15 is 0 Å². The molecule has 0 aromatic heterocycles. The van der Waals surface area contributed by atoms with Gasteiger partial charge in [-0.25, -0.2) is 0 Å². The van der Waals surface area contributed by atoms with Crippen molar-refractivity contribution in [1.29, 1.82) is 0 Å². The van der Waals surface area contributed by atoms with Gasteiger partial charge in [-0.2, -0.15) is 0 Å². The Morgan fingerprint density at radius 2 is 1.90 bits per heavy atom. The van der Waals surface area contributed by atoms with Gasteiger partial charge in [0.2, 0.25) is 0 Å². The summed E-state index contributed by atoms with van der Waals surface area (Å²) in [4.78, 5) is 11.8. The summed E-state index contributed by atoms with van der Waals surface area (Å²) < 4.78 is 10.9. The van der Waals surface area contributed by atoms with Gasteiger partial charge in [-0.05, 0) is 23.8 Å². The van der Waals surface area contributed by atoms with Crippen molar-refractivity contribution >= 4 is 21.7 Å². The van der Waals surface area contributed by atoms with Crippen LogP contribution >= 0.6 is 15.9 Å². The van der Waals surface area contributed by atoms with Gasteiger partial charge < -0.3 is 9.47 Å². The molecule has 4 heteroatoms. The number of carbonyl (C=O) groups is 1. The summed E-state index contributed by atoms with van der Waals surface area (Å²) in [5.74, 6) is 1.17. The SMILES string of the molecule is COc1ccc(OCc2ccccc2)cc1C(=O)CBr. The van der Waals surface area contributed by atoms with Crippen molar-refractivity contribution < 1.29 is 14.3 Å². The zero-order valence-electron chi connectivity index (χ0n) is 11.1. The van der Waals surface area contributed by atoms with Gasteiger partial charge in [0, 0.05) is 0 Å². The van der Waals surface area contributed by atoms with Crippen LogP contribution in [0.1, 0.15) is 15.9 Å². The minimum atomic E-state index is -0.0352. The molecule has 0 N–H and O–H groups in total. The second kappa shape index (κ2) is 7.10. The third kappa shape index (κ3) is 3.61. The number of rotatable bonds is 6. The van der Waals surface area contributed by atoms with Crippen LogP contribution in [0.25, 0.3) is 0 Å². The van der Waals surface area contributed by atoms with Crippen molar-refractivity contribution in [2.45, 2.75) is 6.61 Å². The lowest BCUT2D eigenvalue weighted by Crippen LogP contribution is -2.04. The molecule has 2 aromatic rings. The molecule has 0 unspecified atom stereocenters. The van der Waals surface area contributed by atoms with Gasteiger partial charge >= 0.3 is 0 Å². The monoisotopic (exact) mass is 334 g/mol. The van der Waals surface area contributed by atoms with Crippen molar-refractivity contribution in [2.24, 2.45) is 0 Å². The number of halogens is 1. The average Bonchev–Trinajstić information content (AvgIpc) is 2.52. The largest absolute Gasteiger partial charge is 0.496 e. The third-order valence-corrected chi connectivity index (χ3v) is 3.35. The second-order valence-corrected chi connectivity index (χ2v) is 4.75. The number of Topliss-reactive ketones (excluding diaryl/α,β-unsaturated/α-hetero) is 1. The summed E-state index contributed by atoms with van der Waals surface area (Å²) in [5, 5.41) is 0.255. The van der Waals surface area contributed by atoms with Crippen LogP contribution in [0.2, 0.25) is 0 Å². The van der Waals surface area contributed by atoms with E-state index in [4.69, 9.17) is 9.47 Å². The molecule has 0 fully saturated rings. The Morgan fingerprint density at radius 3 is 2.55 bits per heavy atom. The Balaban J connectivity index is 2.14. The summed E-state index contributed by atoms with van der Waals surface area (Å²) in [6.45, 7) is 0.467. The first-order chi connectivity index (χ1) is 9.74. The van der Waals surface area contributed by atoms with E-state index in [2.05, 4.69) is 15.9 Å². The first kappa shape index (κ1) is 14.6. The van der Waals surface area contributed by atoms with Crippen LogP contribution in [0.5, 0.6) is 11.5 Å². The van der Waals surface area contributed by atoms with Gasteiger partial charge in [0.25, 0.3) is 0 Å². The van der Waals surface area contributed by atoms with E-state index in [-0.39, 0.29) is 11.1 Å². The average molecular weight is 335 g/mol. The smallest absolute Gasteiger partial charge is 0.177 e. The molecule has 2 rings (SSSR count). The number of ketones is 1. The normalized spacial score (nSPS) is 10.1. The van der Waals surface area contributed by atoms with Crippen LogP contribution in [-0.4, -0.2) is 18.2 Å². The van der Waals surface area contributed by atoms with E-state index in [1.54, 1.807) is 25.3 Å². The summed E-state index contributed by atoms with van der Waals surface area (Å²) in [6.07, 6.45) is 0. The summed E-state index contributed by atoms with van der Waals surface area (Å²) >= 11 is 3.17. The molecule has 0 aliphatic heterocycles. The Kier molecular flexibility index (Phi) is 5.18. The predicted molar refractivity (Wildman–Crippen MR) is 81.9 cm³/mol. The highest BCUT2D eigenvalue weighted by atomic mass is 79.9. The van der Waals surface area contributed by atoms with E-state index in [0.29, 0.717) is 23.7 Å². The van der Waals surface area contributed by atoms with Crippen molar-refractivity contribution in [2.75, 3.05) is 12.4 Å². The summed E-state index contributed by atoms with van der Waals surface area (Å²) in [5.41, 5.74) is 1.60. The molecule has 2 aromatic carbocycles. The molecule has 0 aliphatic carbocycles. The number of carbonyl (C=O) groups excluding carboxylic acids is 1. The first-order valence-corrected chi connectivity index (χ1v) is 7.30. The zero-order valence-corrected chi connectivity index (χ0v) is 12.7. The Hall–Kier alpha value is -1.81. The van der Waals surface area contributed by atoms with E-state index in [0.717, 1.165) is 5.56 Å². The van der Waals surface area contributed by atoms with Gasteiger partial charge in [0.15, 0.2) is 5.78 Å². The highest BCUT2D eigenvalue weighted by Gasteiger charge is 2.12. The molecule has 20 heavy (non-hydrogen) atoms. The number of hydrogen-bond acceptors (Lipinski definition) is 3. The molecular weight excluding hydrogens is 320 g/mol. The van der Waals surface area contributed by atoms with Crippen LogP contribution < -0.4 is 9.47 Å². The molecule has 3 nitrogen and oxygen atoms in total. The van der Waals surface area contributed by atoms with E-state index in [9.17, 15) is 4.79 Å². The van der Waals surface area contributed by atoms with Gasteiger partial charge in [-0.3, -0.25) is 4.79 Å². The fourth-order valence-electron chi connectivity index (χ4n) is 1.81. The van der Waals surface area contributed by atoms with E-state index < -0.39 is 0 Å². The van der Waals surface area contributed by atoms with Crippen molar-refractivity contribution in [3.05, 3.63) is 59.7 Å². The number of benzene rings is 2. The minimum absolute atomic E-state index is 0.0352. The molecular formula is C16H15BrO3. The maximum absolute atomic E-state index is 11.8. The Morgan fingerprint density at radius 1 is 1.15 bits per heavy atom. The minimum Gasteiger partial charge on any atom is -0.496 e. The van der Waals surface area contributed by atoms with Gasteiger partial charge in [0.1, 0.15) is 18.1 Å². The molecule has 0 aliphatic rings. The molecule has 0 saturated carbocycles. The molecule has 0 heterocycles. The zero-order chi connectivity index (χ0) is 14.4. The molecule has 104 valence electrons. The lowest BCUT2D eigenvalue weighted by atomic mass is 10.1. The highest BCUT2D eigenvalue weighted by molar-refractivity contribution is 9.09. The van der Waals surface area contributed by atoms with Crippen molar-refractivity contribution in [3.63, 3.8) is 0 Å². The molecule has 0 saturated heterocycles. The maximum atomic E-state index is 11.8. The lowest BCUT2D eigenvalue weighted by Gasteiger charge is -2.10. The summed E-state index contributed by atoms with van der Waals surface area (Å²) in [6, 6.07) is 15.1. The standard InChI is InChI=1S/C16H15BrO3/c1-19-16-8-7-13(9-14(16)15(18)10-17)20-11-12-5-3-2-4-6-12/h2-9H,10-11H2,1H3. The molecule has 0 amide bonds. The summed E-state index contributed by atoms with van der Waals surface area (Å²) in [7, 11) is 1.55. The van der Waals surface area contributed by atoms with Crippen LogP contribution in [0.4, 0.5) is 0 Å². The van der Waals surface area contributed by atoms with Crippen molar-refractivity contribution in [1.82, 2.24) is 0 Å². The quantitative estimate of drug-likeness (QED) is 0.594. The number of hydrogen-bond donors (Lipinski definition) is 0. The third-order valence-electron chi connectivity index (χ3n) is 2.84. The van der Waals surface area contributed by atoms with Gasteiger partial charge in [0.05, 0.1) is 18.0 Å². The topological polar surface area (TPSA) is 35.5 Å².